The van der Waals surface area contributed by atoms with Gasteiger partial charge < -0.3 is 14.4 Å². The van der Waals surface area contributed by atoms with Crippen molar-refractivity contribution >= 4 is 11.6 Å². The second-order valence-corrected chi connectivity index (χ2v) is 6.10. The van der Waals surface area contributed by atoms with Gasteiger partial charge in [-0.1, -0.05) is 18.2 Å². The molecule has 0 spiro atoms. The average molecular weight is 356 g/mol. The SMILES string of the molecule is COc1cc2c(cc1OC)CN(C(=O)Cc1ccccc1[N+](=O)[O-])CC2. The summed E-state index contributed by atoms with van der Waals surface area (Å²) >= 11 is 0. The minimum Gasteiger partial charge on any atom is -0.493 e. The molecule has 7 nitrogen and oxygen atoms in total. The smallest absolute Gasteiger partial charge is 0.273 e. The van der Waals surface area contributed by atoms with Crippen molar-refractivity contribution in [3.05, 3.63) is 63.2 Å². The summed E-state index contributed by atoms with van der Waals surface area (Å²) in [7, 11) is 3.17. The van der Waals surface area contributed by atoms with Crippen molar-refractivity contribution in [3.8, 4) is 11.5 Å². The Bertz CT molecular complexity index is 850. The number of hydrogen-bond donors (Lipinski definition) is 0. The third-order valence-corrected chi connectivity index (χ3v) is 4.60. The van der Waals surface area contributed by atoms with E-state index < -0.39 is 4.92 Å². The van der Waals surface area contributed by atoms with Gasteiger partial charge in [0.15, 0.2) is 11.5 Å². The molecule has 0 saturated heterocycles. The predicted octanol–water partition coefficient (Wildman–Crippen LogP) is 2.74. The molecule has 26 heavy (non-hydrogen) atoms. The number of fused-ring (bicyclic) bond motifs is 1. The van der Waals surface area contributed by atoms with E-state index >= 15 is 0 Å². The van der Waals surface area contributed by atoms with E-state index in [0.717, 1.165) is 11.1 Å². The minimum atomic E-state index is -0.453. The Morgan fingerprint density at radius 3 is 2.46 bits per heavy atom. The van der Waals surface area contributed by atoms with Crippen molar-refractivity contribution < 1.29 is 19.2 Å². The lowest BCUT2D eigenvalue weighted by atomic mass is 9.98. The highest BCUT2D eigenvalue weighted by Crippen LogP contribution is 2.33. The maximum atomic E-state index is 12.7. The number of nitro groups is 1. The lowest BCUT2D eigenvalue weighted by Crippen LogP contribution is -2.37. The fourth-order valence-corrected chi connectivity index (χ4v) is 3.21. The van der Waals surface area contributed by atoms with E-state index in [1.165, 1.54) is 6.07 Å². The molecule has 2 aromatic carbocycles. The van der Waals surface area contributed by atoms with E-state index in [9.17, 15) is 14.9 Å². The molecule has 1 aliphatic heterocycles. The molecule has 1 heterocycles. The number of rotatable bonds is 5. The summed E-state index contributed by atoms with van der Waals surface area (Å²) in [6.07, 6.45) is 0.720. The van der Waals surface area contributed by atoms with E-state index in [-0.39, 0.29) is 18.0 Å². The molecule has 0 atom stereocenters. The molecular formula is C19H20N2O5. The minimum absolute atomic E-state index is 0.0137. The van der Waals surface area contributed by atoms with Crippen LogP contribution in [0.25, 0.3) is 0 Å². The fraction of sp³-hybridized carbons (Fsp3) is 0.316. The topological polar surface area (TPSA) is 81.9 Å². The van der Waals surface area contributed by atoms with Crippen LogP contribution in [0.15, 0.2) is 36.4 Å². The monoisotopic (exact) mass is 356 g/mol. The first kappa shape index (κ1) is 17.7. The van der Waals surface area contributed by atoms with Gasteiger partial charge in [0.05, 0.1) is 25.6 Å². The van der Waals surface area contributed by atoms with Gasteiger partial charge in [0.1, 0.15) is 0 Å². The summed E-state index contributed by atoms with van der Waals surface area (Å²) in [5, 5.41) is 11.1. The fourth-order valence-electron chi connectivity index (χ4n) is 3.21. The summed E-state index contributed by atoms with van der Waals surface area (Å²) in [6, 6.07) is 10.2. The van der Waals surface area contributed by atoms with Gasteiger partial charge in [-0.2, -0.15) is 0 Å². The molecule has 2 aromatic rings. The lowest BCUT2D eigenvalue weighted by molar-refractivity contribution is -0.385. The zero-order chi connectivity index (χ0) is 18.7. The van der Waals surface area contributed by atoms with Crippen LogP contribution in [0.4, 0.5) is 5.69 Å². The number of hydrogen-bond acceptors (Lipinski definition) is 5. The van der Waals surface area contributed by atoms with Crippen LogP contribution < -0.4 is 9.47 Å². The molecule has 0 aliphatic carbocycles. The van der Waals surface area contributed by atoms with Crippen molar-refractivity contribution in [2.45, 2.75) is 19.4 Å². The molecule has 0 bridgehead atoms. The second-order valence-electron chi connectivity index (χ2n) is 6.10. The van der Waals surface area contributed by atoms with Crippen molar-refractivity contribution in [3.63, 3.8) is 0 Å². The molecule has 136 valence electrons. The number of para-hydroxylation sites is 1. The Morgan fingerprint density at radius 2 is 1.81 bits per heavy atom. The van der Waals surface area contributed by atoms with Gasteiger partial charge in [-0.05, 0) is 29.7 Å². The summed E-state index contributed by atoms with van der Waals surface area (Å²) in [4.78, 5) is 25.1. The molecule has 3 rings (SSSR count). The molecule has 1 aliphatic rings. The Balaban J connectivity index is 1.78. The molecule has 0 N–H and O–H groups in total. The van der Waals surface area contributed by atoms with Crippen LogP contribution >= 0.6 is 0 Å². The number of nitrogens with zero attached hydrogens (tertiary/aromatic N) is 2. The molecule has 0 radical (unpaired) electrons. The number of carbonyl (C=O) groups excluding carboxylic acids is 1. The molecule has 0 fully saturated rings. The number of methoxy groups -OCH3 is 2. The van der Waals surface area contributed by atoms with Gasteiger partial charge in [-0.3, -0.25) is 14.9 Å². The molecule has 0 saturated carbocycles. The summed E-state index contributed by atoms with van der Waals surface area (Å²) in [5.41, 5.74) is 2.53. The number of nitro benzene ring substituents is 1. The first-order valence-corrected chi connectivity index (χ1v) is 8.27. The third-order valence-electron chi connectivity index (χ3n) is 4.60. The molecule has 7 heteroatoms. The highest BCUT2D eigenvalue weighted by atomic mass is 16.6. The zero-order valence-electron chi connectivity index (χ0n) is 14.7. The van der Waals surface area contributed by atoms with Crippen LogP contribution in [-0.2, 0) is 24.2 Å². The Morgan fingerprint density at radius 1 is 1.15 bits per heavy atom. The van der Waals surface area contributed by atoms with Crippen LogP contribution in [0.3, 0.4) is 0 Å². The first-order valence-electron chi connectivity index (χ1n) is 8.27. The second kappa shape index (κ2) is 7.43. The van der Waals surface area contributed by atoms with Gasteiger partial charge in [0.2, 0.25) is 5.91 Å². The van der Waals surface area contributed by atoms with Gasteiger partial charge in [0, 0.05) is 24.7 Å². The number of carbonyl (C=O) groups is 1. The van der Waals surface area contributed by atoms with Crippen LogP contribution in [0, 0.1) is 10.1 Å². The van der Waals surface area contributed by atoms with E-state index in [2.05, 4.69) is 0 Å². The Kier molecular flexibility index (Phi) is 5.06. The third kappa shape index (κ3) is 3.46. The number of benzene rings is 2. The van der Waals surface area contributed by atoms with Crippen LogP contribution in [0.2, 0.25) is 0 Å². The Hall–Kier alpha value is -3.09. The largest absolute Gasteiger partial charge is 0.493 e. The summed E-state index contributed by atoms with van der Waals surface area (Å²) in [5.74, 6) is 1.17. The van der Waals surface area contributed by atoms with Crippen LogP contribution in [0.5, 0.6) is 11.5 Å². The standard InChI is InChI=1S/C19H20N2O5/c1-25-17-9-13-7-8-20(12-15(13)10-18(17)26-2)19(22)11-14-5-3-4-6-16(14)21(23)24/h3-6,9-10H,7-8,11-12H2,1-2H3. The van der Waals surface area contributed by atoms with E-state index in [1.807, 2.05) is 12.1 Å². The number of ether oxygens (including phenoxy) is 2. The summed E-state index contributed by atoms with van der Waals surface area (Å²) < 4.78 is 10.7. The van der Waals surface area contributed by atoms with Crippen LogP contribution in [0.1, 0.15) is 16.7 Å². The van der Waals surface area contributed by atoms with Gasteiger partial charge in [0.25, 0.3) is 5.69 Å². The van der Waals surface area contributed by atoms with Crippen molar-refractivity contribution in [2.24, 2.45) is 0 Å². The quantitative estimate of drug-likeness (QED) is 0.608. The predicted molar refractivity (Wildman–Crippen MR) is 95.5 cm³/mol. The maximum Gasteiger partial charge on any atom is 0.273 e. The highest BCUT2D eigenvalue weighted by Gasteiger charge is 2.24. The summed E-state index contributed by atoms with van der Waals surface area (Å²) in [6.45, 7) is 1.02. The highest BCUT2D eigenvalue weighted by molar-refractivity contribution is 5.80. The van der Waals surface area contributed by atoms with Gasteiger partial charge in [-0.25, -0.2) is 0 Å². The maximum absolute atomic E-state index is 12.7. The van der Waals surface area contributed by atoms with E-state index in [0.29, 0.717) is 36.6 Å². The Labute approximate surface area is 151 Å². The zero-order valence-corrected chi connectivity index (χ0v) is 14.7. The molecule has 0 unspecified atom stereocenters. The van der Waals surface area contributed by atoms with E-state index in [4.69, 9.17) is 9.47 Å². The van der Waals surface area contributed by atoms with Crippen molar-refractivity contribution in [2.75, 3.05) is 20.8 Å². The number of amides is 1. The van der Waals surface area contributed by atoms with E-state index in [1.54, 1.807) is 37.3 Å². The molecular weight excluding hydrogens is 336 g/mol. The van der Waals surface area contributed by atoms with Gasteiger partial charge in [-0.15, -0.1) is 0 Å². The first-order chi connectivity index (χ1) is 12.5. The van der Waals surface area contributed by atoms with Crippen molar-refractivity contribution in [1.29, 1.82) is 0 Å². The molecule has 0 aromatic heterocycles. The lowest BCUT2D eigenvalue weighted by Gasteiger charge is -2.29. The molecule has 1 amide bonds. The van der Waals surface area contributed by atoms with Crippen LogP contribution in [-0.4, -0.2) is 36.5 Å². The average Bonchev–Trinajstić information content (AvgIpc) is 2.66. The normalized spacial score (nSPS) is 13.1. The van der Waals surface area contributed by atoms with Crippen molar-refractivity contribution in [1.82, 2.24) is 4.90 Å². The van der Waals surface area contributed by atoms with Gasteiger partial charge >= 0.3 is 0 Å².